The highest BCUT2D eigenvalue weighted by Crippen LogP contribution is 2.25. The van der Waals surface area contributed by atoms with Crippen LogP contribution in [0.1, 0.15) is 52.1 Å². The van der Waals surface area contributed by atoms with Crippen molar-refractivity contribution in [2.24, 2.45) is 12.8 Å². The largest absolute Gasteiger partial charge is 0.364 e. The van der Waals surface area contributed by atoms with Crippen LogP contribution < -0.4 is 5.73 Å². The second-order valence-corrected chi connectivity index (χ2v) is 9.33. The highest BCUT2D eigenvalue weighted by Gasteiger charge is 2.34. The van der Waals surface area contributed by atoms with Crippen LogP contribution in [0.15, 0.2) is 21.7 Å². The van der Waals surface area contributed by atoms with Crippen molar-refractivity contribution >= 4 is 21.8 Å². The number of nitrogens with two attached hydrogens (primary N) is 1. The third-order valence-electron chi connectivity index (χ3n) is 5.02. The number of amides is 2. The molecule has 2 amide bonds. The Balaban J connectivity index is 1.75. The molecule has 11 heteroatoms. The number of sulfonamides is 1. The molecule has 29 heavy (non-hydrogen) atoms. The van der Waals surface area contributed by atoms with Crippen LogP contribution in [-0.4, -0.2) is 65.3 Å². The molecule has 0 unspecified atom stereocenters. The molecule has 2 N–H and O–H groups in total. The molecule has 0 bridgehead atoms. The minimum Gasteiger partial charge on any atom is -0.364 e. The zero-order valence-electron chi connectivity index (χ0n) is 16.9. The summed E-state index contributed by atoms with van der Waals surface area (Å²) in [6.45, 7) is 6.34. The lowest BCUT2D eigenvalue weighted by molar-refractivity contribution is 0.0694. The highest BCUT2D eigenvalue weighted by atomic mass is 32.2. The van der Waals surface area contributed by atoms with Crippen LogP contribution in [0.5, 0.6) is 0 Å². The van der Waals surface area contributed by atoms with Gasteiger partial charge in [0, 0.05) is 45.3 Å². The summed E-state index contributed by atoms with van der Waals surface area (Å²) in [5.74, 6) is -0.366. The zero-order chi connectivity index (χ0) is 21.5. The maximum absolute atomic E-state index is 13.0. The average Bonchev–Trinajstić information content (AvgIpc) is 3.24. The molecule has 1 aliphatic heterocycles. The van der Waals surface area contributed by atoms with E-state index in [9.17, 15) is 18.0 Å². The Morgan fingerprint density at radius 2 is 1.83 bits per heavy atom. The fourth-order valence-electron chi connectivity index (χ4n) is 3.40. The summed E-state index contributed by atoms with van der Waals surface area (Å²) < 4.78 is 33.8. The van der Waals surface area contributed by atoms with E-state index in [4.69, 9.17) is 10.3 Å². The second kappa shape index (κ2) is 7.64. The molecule has 0 aromatic carbocycles. The maximum Gasteiger partial charge on any atom is 0.265 e. The number of rotatable bonds is 5. The first-order valence-corrected chi connectivity index (χ1v) is 10.7. The third kappa shape index (κ3) is 3.79. The number of aromatic nitrogens is 2. The van der Waals surface area contributed by atoms with Gasteiger partial charge in [0.15, 0.2) is 5.76 Å². The van der Waals surface area contributed by atoms with E-state index in [1.54, 1.807) is 18.9 Å². The van der Waals surface area contributed by atoms with E-state index in [0.29, 0.717) is 17.0 Å². The molecule has 1 saturated heterocycles. The van der Waals surface area contributed by atoms with Crippen LogP contribution in [-0.2, 0) is 17.1 Å². The van der Waals surface area contributed by atoms with Gasteiger partial charge in [-0.25, -0.2) is 8.42 Å². The SMILES string of the molecule is Cc1noc(C(C)C)c1C(=O)N1CCN(S(=O)(=O)c2cc(C(N)=O)n(C)c2)CC1. The van der Waals surface area contributed by atoms with Gasteiger partial charge in [0.2, 0.25) is 10.0 Å². The van der Waals surface area contributed by atoms with Crippen molar-refractivity contribution in [3.8, 4) is 0 Å². The number of carbonyl (C=O) groups excluding carboxylic acids is 2. The topological polar surface area (TPSA) is 132 Å². The fraction of sp³-hybridized carbons (Fsp3) is 0.500. The van der Waals surface area contributed by atoms with Gasteiger partial charge in [0.25, 0.3) is 11.8 Å². The van der Waals surface area contributed by atoms with E-state index in [1.807, 2.05) is 13.8 Å². The predicted octanol–water partition coefficient (Wildman–Crippen LogP) is 0.691. The lowest BCUT2D eigenvalue weighted by Crippen LogP contribution is -2.50. The van der Waals surface area contributed by atoms with E-state index < -0.39 is 15.9 Å². The summed E-state index contributed by atoms with van der Waals surface area (Å²) in [5.41, 5.74) is 6.36. The number of aryl methyl sites for hydroxylation is 2. The van der Waals surface area contributed by atoms with Gasteiger partial charge in [-0.1, -0.05) is 19.0 Å². The van der Waals surface area contributed by atoms with Gasteiger partial charge in [0.05, 0.1) is 5.69 Å². The van der Waals surface area contributed by atoms with Crippen molar-refractivity contribution in [3.05, 3.63) is 35.0 Å². The minimum absolute atomic E-state index is 0.00514. The Morgan fingerprint density at radius 1 is 1.21 bits per heavy atom. The molecule has 2 aromatic rings. The van der Waals surface area contributed by atoms with Gasteiger partial charge in [-0.15, -0.1) is 0 Å². The summed E-state index contributed by atoms with van der Waals surface area (Å²) in [6.07, 6.45) is 1.36. The van der Waals surface area contributed by atoms with Crippen LogP contribution in [0.25, 0.3) is 0 Å². The number of piperazine rings is 1. The monoisotopic (exact) mass is 423 g/mol. The van der Waals surface area contributed by atoms with Crippen molar-refractivity contribution in [2.75, 3.05) is 26.2 Å². The molecule has 0 atom stereocenters. The first kappa shape index (κ1) is 21.1. The van der Waals surface area contributed by atoms with Crippen molar-refractivity contribution < 1.29 is 22.5 Å². The number of carbonyl (C=O) groups is 2. The predicted molar refractivity (Wildman–Crippen MR) is 104 cm³/mol. The summed E-state index contributed by atoms with van der Waals surface area (Å²) in [5, 5.41) is 3.90. The number of nitrogens with zero attached hydrogens (tertiary/aromatic N) is 4. The van der Waals surface area contributed by atoms with Crippen molar-refractivity contribution in [2.45, 2.75) is 31.6 Å². The summed E-state index contributed by atoms with van der Waals surface area (Å²) in [7, 11) is -2.24. The van der Waals surface area contributed by atoms with Crippen LogP contribution in [0, 0.1) is 6.92 Å². The van der Waals surface area contributed by atoms with Gasteiger partial charge in [-0.2, -0.15) is 4.31 Å². The first-order valence-electron chi connectivity index (χ1n) is 9.25. The molecule has 0 saturated carbocycles. The quantitative estimate of drug-likeness (QED) is 0.753. The molecule has 1 fully saturated rings. The summed E-state index contributed by atoms with van der Waals surface area (Å²) in [6, 6.07) is 1.27. The van der Waals surface area contributed by atoms with Crippen molar-refractivity contribution in [1.82, 2.24) is 18.9 Å². The van der Waals surface area contributed by atoms with Crippen molar-refractivity contribution in [1.29, 1.82) is 0 Å². The maximum atomic E-state index is 13.0. The smallest absolute Gasteiger partial charge is 0.265 e. The standard InChI is InChI=1S/C18H25N5O5S/c1-11(2)16-15(12(3)20-28-16)18(25)22-5-7-23(8-6-22)29(26,27)13-9-14(17(19)24)21(4)10-13/h9-11H,5-8H2,1-4H3,(H2,19,24). The van der Waals surface area contributed by atoms with Gasteiger partial charge in [0.1, 0.15) is 16.2 Å². The molecule has 3 heterocycles. The number of primary amides is 1. The van der Waals surface area contributed by atoms with E-state index in [0.717, 1.165) is 0 Å². The molecule has 3 rings (SSSR count). The lowest BCUT2D eigenvalue weighted by Gasteiger charge is -2.33. The number of hydrogen-bond donors (Lipinski definition) is 1. The molecule has 10 nitrogen and oxygen atoms in total. The lowest BCUT2D eigenvalue weighted by atomic mass is 10.0. The minimum atomic E-state index is -3.79. The van der Waals surface area contributed by atoms with E-state index in [1.165, 1.54) is 21.1 Å². The Morgan fingerprint density at radius 3 is 2.34 bits per heavy atom. The van der Waals surface area contributed by atoms with Gasteiger partial charge >= 0.3 is 0 Å². The van der Waals surface area contributed by atoms with Crippen LogP contribution in [0.4, 0.5) is 0 Å². The highest BCUT2D eigenvalue weighted by molar-refractivity contribution is 7.89. The Labute approximate surface area is 169 Å². The zero-order valence-corrected chi connectivity index (χ0v) is 17.7. The molecular formula is C18H25N5O5S. The van der Waals surface area contributed by atoms with Crippen LogP contribution >= 0.6 is 0 Å². The van der Waals surface area contributed by atoms with Gasteiger partial charge in [-0.05, 0) is 13.0 Å². The van der Waals surface area contributed by atoms with E-state index in [2.05, 4.69) is 5.16 Å². The number of hydrogen-bond acceptors (Lipinski definition) is 6. The molecule has 0 spiro atoms. The average molecular weight is 423 g/mol. The molecule has 1 aliphatic rings. The summed E-state index contributed by atoms with van der Waals surface area (Å²) >= 11 is 0. The molecule has 2 aromatic heterocycles. The van der Waals surface area contributed by atoms with Gasteiger partial charge in [-0.3, -0.25) is 9.59 Å². The first-order chi connectivity index (χ1) is 13.5. The molecular weight excluding hydrogens is 398 g/mol. The fourth-order valence-corrected chi connectivity index (χ4v) is 4.89. The van der Waals surface area contributed by atoms with Crippen LogP contribution in [0.3, 0.4) is 0 Å². The molecule has 158 valence electrons. The van der Waals surface area contributed by atoms with Crippen molar-refractivity contribution in [3.63, 3.8) is 0 Å². The van der Waals surface area contributed by atoms with Crippen LogP contribution in [0.2, 0.25) is 0 Å². The summed E-state index contributed by atoms with van der Waals surface area (Å²) in [4.78, 5) is 26.0. The normalized spacial score (nSPS) is 15.8. The Hall–Kier alpha value is -2.66. The van der Waals surface area contributed by atoms with E-state index >= 15 is 0 Å². The second-order valence-electron chi connectivity index (χ2n) is 7.39. The molecule has 0 aliphatic carbocycles. The molecule has 0 radical (unpaired) electrons. The van der Waals surface area contributed by atoms with Gasteiger partial charge < -0.3 is 19.7 Å². The van der Waals surface area contributed by atoms with E-state index in [-0.39, 0.29) is 48.6 Å². The Bertz CT molecular complexity index is 1040. The Kier molecular flexibility index (Phi) is 5.54. The third-order valence-corrected chi connectivity index (χ3v) is 6.89.